The smallest absolute Gasteiger partial charge is 0.330 e. The fourth-order valence-corrected chi connectivity index (χ4v) is 4.04. The molecule has 0 N–H and O–H groups in total. The summed E-state index contributed by atoms with van der Waals surface area (Å²) in [4.78, 5) is 12.6. The van der Waals surface area contributed by atoms with E-state index < -0.39 is 13.0 Å². The van der Waals surface area contributed by atoms with Crippen molar-refractivity contribution in [1.29, 1.82) is 0 Å². The lowest BCUT2D eigenvalue weighted by Gasteiger charge is -2.21. The third-order valence-corrected chi connectivity index (χ3v) is 5.78. The van der Waals surface area contributed by atoms with Crippen LogP contribution in [-0.4, -0.2) is 25.6 Å². The Hall–Kier alpha value is -2.47. The quantitative estimate of drug-likeness (QED) is 0.205. The van der Waals surface area contributed by atoms with Crippen LogP contribution in [0.1, 0.15) is 69.4 Å². The van der Waals surface area contributed by atoms with Crippen LogP contribution < -0.4 is 4.74 Å². The van der Waals surface area contributed by atoms with E-state index >= 15 is 0 Å². The molecule has 0 saturated heterocycles. The molecule has 3 nitrogen and oxygen atoms in total. The van der Waals surface area contributed by atoms with Gasteiger partial charge in [-0.05, 0) is 66.0 Å². The third-order valence-electron chi connectivity index (χ3n) is 4.90. The van der Waals surface area contributed by atoms with E-state index in [1.54, 1.807) is 18.3 Å². The van der Waals surface area contributed by atoms with E-state index in [9.17, 15) is 13.6 Å². The van der Waals surface area contributed by atoms with Gasteiger partial charge in [0.2, 0.25) is 0 Å². The minimum absolute atomic E-state index is 0.118. The van der Waals surface area contributed by atoms with E-state index in [0.717, 1.165) is 32.7 Å². The number of hydrogen-bond donors (Lipinski definition) is 0. The Bertz CT molecular complexity index is 971. The van der Waals surface area contributed by atoms with Gasteiger partial charge in [-0.25, -0.2) is 13.6 Å². The first-order valence-corrected chi connectivity index (χ1v) is 11.7. The van der Waals surface area contributed by atoms with Gasteiger partial charge in [-0.1, -0.05) is 39.8 Å². The predicted molar refractivity (Wildman–Crippen MR) is 129 cm³/mol. The number of carbonyl (C=O) groups is 1. The van der Waals surface area contributed by atoms with Crippen LogP contribution in [0.4, 0.5) is 8.78 Å². The van der Waals surface area contributed by atoms with Crippen molar-refractivity contribution in [2.24, 2.45) is 0 Å². The molecule has 1 aromatic heterocycles. The second-order valence-electron chi connectivity index (χ2n) is 8.17. The number of halogens is 2. The van der Waals surface area contributed by atoms with Gasteiger partial charge < -0.3 is 9.47 Å². The molecule has 2 aromatic rings. The number of ether oxygens (including phenoxy) is 2. The summed E-state index contributed by atoms with van der Waals surface area (Å²) in [6, 6.07) is 6.08. The van der Waals surface area contributed by atoms with Crippen molar-refractivity contribution in [2.75, 3.05) is 13.2 Å². The van der Waals surface area contributed by atoms with Crippen molar-refractivity contribution in [3.63, 3.8) is 0 Å². The summed E-state index contributed by atoms with van der Waals surface area (Å²) in [5.74, 6) is 0.529. The Morgan fingerprint density at radius 2 is 1.84 bits per heavy atom. The van der Waals surface area contributed by atoms with Gasteiger partial charge in [-0.2, -0.15) is 0 Å². The Kier molecular flexibility index (Phi) is 9.63. The molecular weight excluding hydrogens is 430 g/mol. The Labute approximate surface area is 193 Å². The molecule has 0 aliphatic heterocycles. The summed E-state index contributed by atoms with van der Waals surface area (Å²) in [5, 5.41) is 1.97. The van der Waals surface area contributed by atoms with Gasteiger partial charge in [0, 0.05) is 22.1 Å². The largest absolute Gasteiger partial charge is 0.487 e. The second kappa shape index (κ2) is 12.0. The lowest BCUT2D eigenvalue weighted by Crippen LogP contribution is -2.10. The summed E-state index contributed by atoms with van der Waals surface area (Å²) in [7, 11) is 0. The van der Waals surface area contributed by atoms with Crippen LogP contribution in [0.15, 0.2) is 41.3 Å². The topological polar surface area (TPSA) is 35.5 Å². The first-order chi connectivity index (χ1) is 15.1. The molecule has 0 spiro atoms. The SMILES string of the molecule is CCOC(=O)/C=C(C)/C=C/c1sccc1-c1cc(C(C)C)cc(C(C)C)c1OCC(F)F. The molecule has 0 radical (unpaired) electrons. The fraction of sp³-hybridized carbons (Fsp3) is 0.423. The number of hydrogen-bond acceptors (Lipinski definition) is 4. The van der Waals surface area contributed by atoms with Gasteiger partial charge in [0.25, 0.3) is 6.43 Å². The van der Waals surface area contributed by atoms with Crippen molar-refractivity contribution in [1.82, 2.24) is 0 Å². The normalized spacial score (nSPS) is 12.4. The second-order valence-corrected chi connectivity index (χ2v) is 9.12. The van der Waals surface area contributed by atoms with E-state index in [0.29, 0.717) is 12.4 Å². The van der Waals surface area contributed by atoms with Gasteiger partial charge in [0.1, 0.15) is 12.4 Å². The summed E-state index contributed by atoms with van der Waals surface area (Å²) in [6.07, 6.45) is 2.67. The number of rotatable bonds is 10. The van der Waals surface area contributed by atoms with E-state index in [1.807, 2.05) is 50.4 Å². The van der Waals surface area contributed by atoms with Crippen molar-refractivity contribution in [2.45, 2.75) is 59.8 Å². The average molecular weight is 463 g/mol. The first-order valence-electron chi connectivity index (χ1n) is 10.8. The lowest BCUT2D eigenvalue weighted by atomic mass is 9.89. The molecule has 0 amide bonds. The molecule has 1 heterocycles. The molecule has 0 aliphatic rings. The molecule has 2 rings (SSSR count). The standard InChI is InChI=1S/C26H32F2O3S/c1-7-30-25(29)12-18(6)8-9-23-20(10-11-32-23)22-14-19(16(2)3)13-21(17(4)5)26(22)31-15-24(27)28/h8-14,16-17,24H,7,15H2,1-6H3/b9-8+,18-12+. The van der Waals surface area contributed by atoms with Crippen LogP contribution in [0.3, 0.4) is 0 Å². The van der Waals surface area contributed by atoms with Gasteiger partial charge >= 0.3 is 5.97 Å². The van der Waals surface area contributed by atoms with Crippen molar-refractivity contribution >= 4 is 23.4 Å². The molecule has 0 unspecified atom stereocenters. The Morgan fingerprint density at radius 3 is 2.44 bits per heavy atom. The summed E-state index contributed by atoms with van der Waals surface area (Å²) in [5.41, 5.74) is 4.55. The highest BCUT2D eigenvalue weighted by Gasteiger charge is 2.20. The Balaban J connectivity index is 2.56. The van der Waals surface area contributed by atoms with Crippen LogP contribution in [-0.2, 0) is 9.53 Å². The zero-order valence-corrected chi connectivity index (χ0v) is 20.4. The van der Waals surface area contributed by atoms with Crippen LogP contribution in [0, 0.1) is 0 Å². The van der Waals surface area contributed by atoms with Crippen molar-refractivity contribution in [3.8, 4) is 16.9 Å². The van der Waals surface area contributed by atoms with Crippen LogP contribution in [0.5, 0.6) is 5.75 Å². The highest BCUT2D eigenvalue weighted by Crippen LogP contribution is 2.42. The molecule has 174 valence electrons. The van der Waals surface area contributed by atoms with Gasteiger partial charge in [0.05, 0.1) is 6.61 Å². The highest BCUT2D eigenvalue weighted by atomic mass is 32.1. The number of benzene rings is 1. The fourth-order valence-electron chi connectivity index (χ4n) is 3.24. The number of alkyl halides is 2. The zero-order chi connectivity index (χ0) is 23.8. The molecule has 0 atom stereocenters. The van der Waals surface area contributed by atoms with Gasteiger partial charge in [-0.3, -0.25) is 0 Å². The van der Waals surface area contributed by atoms with E-state index in [-0.39, 0.29) is 17.8 Å². The summed E-state index contributed by atoms with van der Waals surface area (Å²) >= 11 is 1.54. The van der Waals surface area contributed by atoms with Gasteiger partial charge in [-0.15, -0.1) is 11.3 Å². The van der Waals surface area contributed by atoms with Crippen molar-refractivity contribution < 1.29 is 23.0 Å². The molecule has 0 fully saturated rings. The predicted octanol–water partition coefficient (Wildman–Crippen LogP) is 7.83. The molecule has 0 saturated carbocycles. The maximum Gasteiger partial charge on any atom is 0.330 e. The van der Waals surface area contributed by atoms with E-state index in [2.05, 4.69) is 19.9 Å². The number of thiophene rings is 1. The number of esters is 1. The number of carbonyl (C=O) groups excluding carboxylic acids is 1. The number of allylic oxidation sites excluding steroid dienone is 2. The third kappa shape index (κ3) is 7.02. The molecule has 0 aliphatic carbocycles. The van der Waals surface area contributed by atoms with Gasteiger partial charge in [0.15, 0.2) is 0 Å². The average Bonchev–Trinajstić information content (AvgIpc) is 3.18. The van der Waals surface area contributed by atoms with Crippen LogP contribution in [0.2, 0.25) is 0 Å². The molecule has 6 heteroatoms. The lowest BCUT2D eigenvalue weighted by molar-refractivity contribution is -0.137. The zero-order valence-electron chi connectivity index (χ0n) is 19.6. The minimum atomic E-state index is -2.55. The molecule has 0 bridgehead atoms. The molecule has 1 aromatic carbocycles. The van der Waals surface area contributed by atoms with Crippen LogP contribution >= 0.6 is 11.3 Å². The first kappa shape index (κ1) is 25.8. The van der Waals surface area contributed by atoms with E-state index in [4.69, 9.17) is 9.47 Å². The van der Waals surface area contributed by atoms with E-state index in [1.165, 1.54) is 6.08 Å². The summed E-state index contributed by atoms with van der Waals surface area (Å²) < 4.78 is 36.6. The Morgan fingerprint density at radius 1 is 1.12 bits per heavy atom. The maximum absolute atomic E-state index is 13.0. The molecule has 32 heavy (non-hydrogen) atoms. The van der Waals surface area contributed by atoms with Crippen LogP contribution in [0.25, 0.3) is 17.2 Å². The molecular formula is C26H32F2O3S. The minimum Gasteiger partial charge on any atom is -0.487 e. The van der Waals surface area contributed by atoms with Crippen molar-refractivity contribution in [3.05, 3.63) is 57.3 Å². The monoisotopic (exact) mass is 462 g/mol. The summed E-state index contributed by atoms with van der Waals surface area (Å²) in [6.45, 7) is 11.6. The highest BCUT2D eigenvalue weighted by molar-refractivity contribution is 7.11. The maximum atomic E-state index is 13.0.